The molecule has 7 heteroatoms. The minimum atomic E-state index is -0.788. The summed E-state index contributed by atoms with van der Waals surface area (Å²) in [5, 5.41) is 12.0. The molecule has 1 saturated heterocycles. The molecular weight excluding hydrogens is 315 g/mol. The maximum absolute atomic E-state index is 14.2. The van der Waals surface area contributed by atoms with Crippen LogP contribution in [0.15, 0.2) is 18.2 Å². The van der Waals surface area contributed by atoms with Gasteiger partial charge in [-0.3, -0.25) is 4.79 Å². The molecule has 0 spiro atoms. The predicted molar refractivity (Wildman–Crippen MR) is 87.2 cm³/mol. The zero-order valence-corrected chi connectivity index (χ0v) is 14.3. The van der Waals surface area contributed by atoms with Gasteiger partial charge in [0.05, 0.1) is 11.8 Å². The Morgan fingerprint density at radius 1 is 1.46 bits per heavy atom. The standard InChI is InChI=1S/C17H23FN2O4/c1-10(21)11-5-6-14(12(18)9-11)20-8-7-13(15(20)22)19-16(23)24-17(2,3)4/h5-6,9-10,13,21H,7-8H2,1-4H3,(H,19,23). The van der Waals surface area contributed by atoms with Crippen molar-refractivity contribution < 1.29 is 23.8 Å². The number of amides is 2. The Kier molecular flexibility index (Phi) is 5.13. The van der Waals surface area contributed by atoms with Crippen molar-refractivity contribution in [3.63, 3.8) is 0 Å². The molecule has 1 fully saturated rings. The van der Waals surface area contributed by atoms with Crippen LogP contribution in [0.25, 0.3) is 0 Å². The summed E-state index contributed by atoms with van der Waals surface area (Å²) in [7, 11) is 0. The number of nitrogens with zero attached hydrogens (tertiary/aromatic N) is 1. The van der Waals surface area contributed by atoms with Gasteiger partial charge in [-0.2, -0.15) is 0 Å². The molecule has 0 aliphatic carbocycles. The molecule has 2 N–H and O–H groups in total. The normalized spacial score (nSPS) is 19.3. The van der Waals surface area contributed by atoms with Gasteiger partial charge in [0.1, 0.15) is 17.5 Å². The van der Waals surface area contributed by atoms with Gasteiger partial charge in [-0.1, -0.05) is 6.07 Å². The predicted octanol–water partition coefficient (Wildman–Crippen LogP) is 2.51. The first-order valence-electron chi connectivity index (χ1n) is 7.87. The Morgan fingerprint density at radius 2 is 2.12 bits per heavy atom. The van der Waals surface area contributed by atoms with E-state index in [4.69, 9.17) is 4.74 Å². The second-order valence-corrected chi connectivity index (χ2v) is 6.86. The monoisotopic (exact) mass is 338 g/mol. The number of alkyl carbamates (subject to hydrolysis) is 1. The third kappa shape index (κ3) is 4.23. The van der Waals surface area contributed by atoms with Crippen LogP contribution >= 0.6 is 0 Å². The number of nitrogens with one attached hydrogen (secondary N) is 1. The van der Waals surface area contributed by atoms with Crippen molar-refractivity contribution in [3.8, 4) is 0 Å². The minimum absolute atomic E-state index is 0.137. The maximum Gasteiger partial charge on any atom is 0.408 e. The van der Waals surface area contributed by atoms with E-state index in [1.54, 1.807) is 26.8 Å². The average Bonchev–Trinajstić information content (AvgIpc) is 2.78. The summed E-state index contributed by atoms with van der Waals surface area (Å²) in [6.45, 7) is 7.03. The molecule has 0 aromatic heterocycles. The molecule has 1 aliphatic rings. The van der Waals surface area contributed by atoms with Crippen LogP contribution < -0.4 is 10.2 Å². The molecule has 2 atom stereocenters. The summed E-state index contributed by atoms with van der Waals surface area (Å²) in [6, 6.07) is 3.51. The zero-order valence-electron chi connectivity index (χ0n) is 14.3. The van der Waals surface area contributed by atoms with E-state index in [1.807, 2.05) is 0 Å². The molecule has 6 nitrogen and oxygen atoms in total. The first-order valence-corrected chi connectivity index (χ1v) is 7.87. The maximum atomic E-state index is 14.2. The number of anilines is 1. The summed E-state index contributed by atoms with van der Waals surface area (Å²) >= 11 is 0. The smallest absolute Gasteiger partial charge is 0.408 e. The fourth-order valence-corrected chi connectivity index (χ4v) is 2.50. The number of ether oxygens (including phenoxy) is 1. The lowest BCUT2D eigenvalue weighted by Crippen LogP contribution is -2.43. The van der Waals surface area contributed by atoms with Crippen LogP contribution in [-0.2, 0) is 9.53 Å². The summed E-state index contributed by atoms with van der Waals surface area (Å²) in [5.74, 6) is -0.968. The summed E-state index contributed by atoms with van der Waals surface area (Å²) in [5.41, 5.74) is -0.0850. The summed E-state index contributed by atoms with van der Waals surface area (Å²) in [4.78, 5) is 25.5. The molecule has 132 valence electrons. The second-order valence-electron chi connectivity index (χ2n) is 6.86. The van der Waals surface area contributed by atoms with Crippen molar-refractivity contribution in [2.24, 2.45) is 0 Å². The van der Waals surface area contributed by atoms with E-state index in [0.717, 1.165) is 0 Å². The Hall–Kier alpha value is -2.15. The van der Waals surface area contributed by atoms with E-state index >= 15 is 0 Å². The summed E-state index contributed by atoms with van der Waals surface area (Å²) in [6.07, 6.45) is -1.09. The SMILES string of the molecule is CC(O)c1ccc(N2CCC(NC(=O)OC(C)(C)C)C2=O)c(F)c1. The summed E-state index contributed by atoms with van der Waals surface area (Å²) < 4.78 is 19.4. The first-order chi connectivity index (χ1) is 11.1. The van der Waals surface area contributed by atoms with Crippen molar-refractivity contribution in [2.45, 2.75) is 51.9 Å². The number of aliphatic hydroxyl groups is 1. The second kappa shape index (κ2) is 6.76. The number of hydrogen-bond acceptors (Lipinski definition) is 4. The van der Waals surface area contributed by atoms with Crippen LogP contribution in [0.5, 0.6) is 0 Å². The van der Waals surface area contributed by atoms with E-state index in [2.05, 4.69) is 5.32 Å². The third-order valence-corrected chi connectivity index (χ3v) is 3.64. The Bertz CT molecular complexity index is 640. The first kappa shape index (κ1) is 18.2. The highest BCUT2D eigenvalue weighted by Gasteiger charge is 2.35. The number of carbonyl (C=O) groups is 2. The fourth-order valence-electron chi connectivity index (χ4n) is 2.50. The van der Waals surface area contributed by atoms with Crippen molar-refractivity contribution in [2.75, 3.05) is 11.4 Å². The Labute approximate surface area is 140 Å². The highest BCUT2D eigenvalue weighted by atomic mass is 19.1. The van der Waals surface area contributed by atoms with Crippen LogP contribution in [0.4, 0.5) is 14.9 Å². The van der Waals surface area contributed by atoms with Gasteiger partial charge in [0.25, 0.3) is 0 Å². The Balaban J connectivity index is 2.08. The quantitative estimate of drug-likeness (QED) is 0.887. The number of benzene rings is 1. The van der Waals surface area contributed by atoms with Gasteiger partial charge in [-0.25, -0.2) is 9.18 Å². The van der Waals surface area contributed by atoms with Gasteiger partial charge in [-0.15, -0.1) is 0 Å². The third-order valence-electron chi connectivity index (χ3n) is 3.64. The van der Waals surface area contributed by atoms with Gasteiger partial charge in [0, 0.05) is 6.54 Å². The topological polar surface area (TPSA) is 78.9 Å². The zero-order chi connectivity index (χ0) is 18.1. The number of aliphatic hydroxyl groups excluding tert-OH is 1. The number of hydrogen-bond donors (Lipinski definition) is 2. The van der Waals surface area contributed by atoms with Crippen LogP contribution in [0, 0.1) is 5.82 Å². The molecule has 1 heterocycles. The van der Waals surface area contributed by atoms with Crippen LogP contribution in [0.3, 0.4) is 0 Å². The molecule has 0 bridgehead atoms. The van der Waals surface area contributed by atoms with E-state index < -0.39 is 29.7 Å². The van der Waals surface area contributed by atoms with Crippen molar-refractivity contribution in [1.82, 2.24) is 5.32 Å². The number of halogens is 1. The van der Waals surface area contributed by atoms with Crippen LogP contribution in [0.2, 0.25) is 0 Å². The molecule has 1 aromatic carbocycles. The van der Waals surface area contributed by atoms with Crippen LogP contribution in [-0.4, -0.2) is 35.3 Å². The van der Waals surface area contributed by atoms with Gasteiger partial charge < -0.3 is 20.1 Å². The van der Waals surface area contributed by atoms with Gasteiger partial charge in [0.2, 0.25) is 5.91 Å². The largest absolute Gasteiger partial charge is 0.444 e. The molecular formula is C17H23FN2O4. The van der Waals surface area contributed by atoms with Crippen molar-refractivity contribution in [1.29, 1.82) is 0 Å². The van der Waals surface area contributed by atoms with Crippen LogP contribution in [0.1, 0.15) is 45.8 Å². The Morgan fingerprint density at radius 3 is 2.67 bits per heavy atom. The van der Waals surface area contributed by atoms with Gasteiger partial charge in [-0.05, 0) is 51.8 Å². The van der Waals surface area contributed by atoms with E-state index in [0.29, 0.717) is 18.5 Å². The number of carbonyl (C=O) groups excluding carboxylic acids is 2. The lowest BCUT2D eigenvalue weighted by atomic mass is 10.1. The lowest BCUT2D eigenvalue weighted by Gasteiger charge is -2.22. The van der Waals surface area contributed by atoms with E-state index in [-0.39, 0.29) is 11.6 Å². The van der Waals surface area contributed by atoms with Gasteiger partial charge in [0.15, 0.2) is 0 Å². The molecule has 2 unspecified atom stereocenters. The fraction of sp³-hybridized carbons (Fsp3) is 0.529. The van der Waals surface area contributed by atoms with Crippen molar-refractivity contribution in [3.05, 3.63) is 29.6 Å². The van der Waals surface area contributed by atoms with Crippen molar-refractivity contribution >= 4 is 17.7 Å². The lowest BCUT2D eigenvalue weighted by molar-refractivity contribution is -0.118. The number of rotatable bonds is 3. The molecule has 0 radical (unpaired) electrons. The van der Waals surface area contributed by atoms with E-state index in [1.165, 1.54) is 24.0 Å². The molecule has 2 amide bonds. The average molecular weight is 338 g/mol. The molecule has 1 aromatic rings. The van der Waals surface area contributed by atoms with Gasteiger partial charge >= 0.3 is 6.09 Å². The van der Waals surface area contributed by atoms with E-state index in [9.17, 15) is 19.1 Å². The molecule has 0 saturated carbocycles. The molecule has 1 aliphatic heterocycles. The minimum Gasteiger partial charge on any atom is -0.444 e. The molecule has 24 heavy (non-hydrogen) atoms. The highest BCUT2D eigenvalue weighted by molar-refractivity contribution is 6.01. The molecule has 2 rings (SSSR count). The highest BCUT2D eigenvalue weighted by Crippen LogP contribution is 2.27.